The molecule has 1 aliphatic rings. The molecule has 30 heavy (non-hydrogen) atoms. The van der Waals surface area contributed by atoms with Gasteiger partial charge < -0.3 is 9.64 Å². The summed E-state index contributed by atoms with van der Waals surface area (Å²) >= 11 is 0. The van der Waals surface area contributed by atoms with E-state index in [2.05, 4.69) is 15.2 Å². The summed E-state index contributed by atoms with van der Waals surface area (Å²) in [4.78, 5) is 18.3. The molecule has 1 fully saturated rings. The van der Waals surface area contributed by atoms with Crippen LogP contribution in [0.4, 0.5) is 0 Å². The van der Waals surface area contributed by atoms with Gasteiger partial charge in [0, 0.05) is 19.3 Å². The van der Waals surface area contributed by atoms with Crippen LogP contribution in [-0.4, -0.2) is 53.2 Å². The van der Waals surface area contributed by atoms with E-state index in [1.54, 1.807) is 41.6 Å². The van der Waals surface area contributed by atoms with Gasteiger partial charge in [-0.1, -0.05) is 12.1 Å². The SMILES string of the molecule is O=C(CS(=O)(=O)c1cccc(COc2ccc(-c3ccn[nH]3)nc2)c1)N1CCCC1. The number of ether oxygens (including phenoxy) is 1. The molecule has 3 heterocycles. The molecule has 1 N–H and O–H groups in total. The van der Waals surface area contributed by atoms with Gasteiger partial charge in [-0.05, 0) is 48.7 Å². The number of nitrogens with zero attached hydrogens (tertiary/aromatic N) is 3. The Morgan fingerprint density at radius 2 is 1.97 bits per heavy atom. The molecular weight excluding hydrogens is 404 g/mol. The highest BCUT2D eigenvalue weighted by Gasteiger charge is 2.25. The number of pyridine rings is 1. The molecular formula is C21H22N4O4S. The summed E-state index contributed by atoms with van der Waals surface area (Å²) < 4.78 is 31.1. The van der Waals surface area contributed by atoms with Crippen LogP contribution in [0.2, 0.25) is 0 Å². The molecule has 0 aliphatic carbocycles. The van der Waals surface area contributed by atoms with Gasteiger partial charge in [0.25, 0.3) is 0 Å². The Bertz CT molecular complexity index is 1110. The van der Waals surface area contributed by atoms with Gasteiger partial charge in [0.05, 0.1) is 22.5 Å². The van der Waals surface area contributed by atoms with Gasteiger partial charge >= 0.3 is 0 Å². The minimum Gasteiger partial charge on any atom is -0.487 e. The number of carbonyl (C=O) groups excluding carboxylic acids is 1. The Balaban J connectivity index is 1.40. The van der Waals surface area contributed by atoms with Crippen LogP contribution in [0.15, 0.2) is 59.8 Å². The number of rotatable bonds is 7. The first-order valence-electron chi connectivity index (χ1n) is 9.69. The van der Waals surface area contributed by atoms with E-state index in [0.717, 1.165) is 24.2 Å². The van der Waals surface area contributed by atoms with Crippen molar-refractivity contribution in [1.82, 2.24) is 20.1 Å². The van der Waals surface area contributed by atoms with Crippen LogP contribution in [0, 0.1) is 0 Å². The molecule has 1 aromatic carbocycles. The molecule has 156 valence electrons. The van der Waals surface area contributed by atoms with Crippen LogP contribution in [0.25, 0.3) is 11.4 Å². The average Bonchev–Trinajstić information content (AvgIpc) is 3.47. The number of H-pyrrole nitrogens is 1. The minimum absolute atomic E-state index is 0.129. The van der Waals surface area contributed by atoms with Gasteiger partial charge in [0.15, 0.2) is 9.84 Å². The summed E-state index contributed by atoms with van der Waals surface area (Å²) in [6.45, 7) is 1.46. The second kappa shape index (κ2) is 8.66. The van der Waals surface area contributed by atoms with Crippen molar-refractivity contribution in [3.05, 3.63) is 60.4 Å². The van der Waals surface area contributed by atoms with E-state index >= 15 is 0 Å². The van der Waals surface area contributed by atoms with Crippen LogP contribution in [-0.2, 0) is 21.2 Å². The van der Waals surface area contributed by atoms with Gasteiger partial charge in [0.1, 0.15) is 18.1 Å². The summed E-state index contributed by atoms with van der Waals surface area (Å²) in [7, 11) is -3.70. The smallest absolute Gasteiger partial charge is 0.238 e. The summed E-state index contributed by atoms with van der Waals surface area (Å²) in [5.41, 5.74) is 2.25. The molecule has 0 radical (unpaired) electrons. The number of likely N-dealkylation sites (tertiary alicyclic amines) is 1. The maximum absolute atomic E-state index is 12.7. The second-order valence-corrected chi connectivity index (χ2v) is 9.12. The summed E-state index contributed by atoms with van der Waals surface area (Å²) in [6.07, 6.45) is 5.11. The van der Waals surface area contributed by atoms with Gasteiger partial charge in [-0.15, -0.1) is 0 Å². The van der Waals surface area contributed by atoms with Crippen LogP contribution < -0.4 is 4.74 Å². The number of hydrogen-bond acceptors (Lipinski definition) is 6. The lowest BCUT2D eigenvalue weighted by Gasteiger charge is -2.15. The number of aromatic amines is 1. The Kier molecular flexibility index (Phi) is 5.80. The number of nitrogens with one attached hydrogen (secondary N) is 1. The highest BCUT2D eigenvalue weighted by atomic mass is 32.2. The minimum atomic E-state index is -3.70. The molecule has 1 amide bonds. The van der Waals surface area contributed by atoms with Crippen LogP contribution >= 0.6 is 0 Å². The molecule has 0 bridgehead atoms. The van der Waals surface area contributed by atoms with Gasteiger partial charge in [-0.3, -0.25) is 14.9 Å². The number of aromatic nitrogens is 3. The molecule has 1 saturated heterocycles. The maximum Gasteiger partial charge on any atom is 0.238 e. The monoisotopic (exact) mass is 426 g/mol. The zero-order valence-electron chi connectivity index (χ0n) is 16.3. The molecule has 0 saturated carbocycles. The van der Waals surface area contributed by atoms with Crippen molar-refractivity contribution in [2.75, 3.05) is 18.8 Å². The van der Waals surface area contributed by atoms with Crippen molar-refractivity contribution in [2.45, 2.75) is 24.3 Å². The number of hydrogen-bond donors (Lipinski definition) is 1. The molecule has 0 atom stereocenters. The predicted octanol–water partition coefficient (Wildman–Crippen LogP) is 2.45. The Morgan fingerprint density at radius 1 is 1.13 bits per heavy atom. The number of sulfone groups is 1. The zero-order valence-corrected chi connectivity index (χ0v) is 17.1. The fourth-order valence-electron chi connectivity index (χ4n) is 3.32. The summed E-state index contributed by atoms with van der Waals surface area (Å²) in [5, 5.41) is 6.74. The quantitative estimate of drug-likeness (QED) is 0.622. The molecule has 3 aromatic rings. The standard InChI is InChI=1S/C21H22N4O4S/c26-21(25-10-1-2-11-25)15-30(27,28)18-5-3-4-16(12-18)14-29-17-6-7-19(22-13-17)20-8-9-23-24-20/h3-9,12-13H,1-2,10-11,14-15H2,(H,23,24). The molecule has 0 spiro atoms. The molecule has 0 unspecified atom stereocenters. The van der Waals surface area contributed by atoms with Crippen molar-refractivity contribution < 1.29 is 17.9 Å². The fraction of sp³-hybridized carbons (Fsp3) is 0.286. The van der Waals surface area contributed by atoms with Crippen molar-refractivity contribution in [1.29, 1.82) is 0 Å². The third kappa shape index (κ3) is 4.68. The summed E-state index contributed by atoms with van der Waals surface area (Å²) in [6, 6.07) is 11.9. The first-order chi connectivity index (χ1) is 14.5. The van der Waals surface area contributed by atoms with Crippen LogP contribution in [0.3, 0.4) is 0 Å². The van der Waals surface area contributed by atoms with Gasteiger partial charge in [0.2, 0.25) is 5.91 Å². The van der Waals surface area contributed by atoms with E-state index in [1.165, 1.54) is 6.07 Å². The number of amides is 1. The largest absolute Gasteiger partial charge is 0.487 e. The number of carbonyl (C=O) groups is 1. The Labute approximate surface area is 174 Å². The second-order valence-electron chi connectivity index (χ2n) is 7.13. The van der Waals surface area contributed by atoms with E-state index < -0.39 is 15.6 Å². The molecule has 1 aliphatic heterocycles. The van der Waals surface area contributed by atoms with E-state index in [-0.39, 0.29) is 17.4 Å². The van der Waals surface area contributed by atoms with Crippen LogP contribution in [0.1, 0.15) is 18.4 Å². The molecule has 2 aromatic heterocycles. The van der Waals surface area contributed by atoms with Crippen LogP contribution in [0.5, 0.6) is 5.75 Å². The lowest BCUT2D eigenvalue weighted by Crippen LogP contribution is -2.33. The van der Waals surface area contributed by atoms with E-state index in [1.807, 2.05) is 12.1 Å². The molecule has 4 rings (SSSR count). The van der Waals surface area contributed by atoms with Crippen molar-refractivity contribution in [3.8, 4) is 17.1 Å². The van der Waals surface area contributed by atoms with E-state index in [4.69, 9.17) is 4.74 Å². The number of benzene rings is 1. The third-order valence-electron chi connectivity index (χ3n) is 4.95. The summed E-state index contributed by atoms with van der Waals surface area (Å²) in [5.74, 6) is -0.274. The van der Waals surface area contributed by atoms with E-state index in [9.17, 15) is 13.2 Å². The first kappa shape index (κ1) is 20.1. The van der Waals surface area contributed by atoms with Crippen molar-refractivity contribution in [2.24, 2.45) is 0 Å². The fourth-order valence-corrected chi connectivity index (χ4v) is 4.61. The predicted molar refractivity (Wildman–Crippen MR) is 110 cm³/mol. The average molecular weight is 426 g/mol. The van der Waals surface area contributed by atoms with Gasteiger partial charge in [-0.2, -0.15) is 5.10 Å². The molecule has 8 nitrogen and oxygen atoms in total. The highest BCUT2D eigenvalue weighted by molar-refractivity contribution is 7.92. The Morgan fingerprint density at radius 3 is 2.67 bits per heavy atom. The lowest BCUT2D eigenvalue weighted by molar-refractivity contribution is -0.127. The molecule has 9 heteroatoms. The topological polar surface area (TPSA) is 105 Å². The third-order valence-corrected chi connectivity index (χ3v) is 6.55. The van der Waals surface area contributed by atoms with Crippen molar-refractivity contribution >= 4 is 15.7 Å². The zero-order chi connectivity index (χ0) is 21.0. The van der Waals surface area contributed by atoms with Gasteiger partial charge in [-0.25, -0.2) is 8.42 Å². The highest BCUT2D eigenvalue weighted by Crippen LogP contribution is 2.20. The first-order valence-corrected chi connectivity index (χ1v) is 11.3. The maximum atomic E-state index is 12.7. The Hall–Kier alpha value is -3.20. The normalized spacial score (nSPS) is 14.1. The van der Waals surface area contributed by atoms with Crippen molar-refractivity contribution in [3.63, 3.8) is 0 Å². The van der Waals surface area contributed by atoms with E-state index in [0.29, 0.717) is 24.4 Å². The lowest BCUT2D eigenvalue weighted by atomic mass is 10.2.